The highest BCUT2D eigenvalue weighted by atomic mass is 35.5. The zero-order chi connectivity index (χ0) is 22.1. The van der Waals surface area contributed by atoms with E-state index in [-0.39, 0.29) is 17.7 Å². The Morgan fingerprint density at radius 1 is 1.16 bits per heavy atom. The highest BCUT2D eigenvalue weighted by Gasteiger charge is 2.15. The molecular weight excluding hydrogens is 412 g/mol. The Morgan fingerprint density at radius 2 is 1.97 bits per heavy atom. The summed E-state index contributed by atoms with van der Waals surface area (Å²) in [6.07, 6.45) is 3.60. The molecule has 0 radical (unpaired) electrons. The Labute approximate surface area is 185 Å². The number of fused-ring (bicyclic) bond motifs is 1. The van der Waals surface area contributed by atoms with Crippen LogP contribution in [-0.2, 0) is 7.05 Å². The summed E-state index contributed by atoms with van der Waals surface area (Å²) in [5, 5.41) is 4.70. The fraction of sp³-hybridized carbons (Fsp3) is 0.250. The molecule has 0 fully saturated rings. The molecule has 2 N–H and O–H groups in total. The second kappa shape index (κ2) is 8.47. The van der Waals surface area contributed by atoms with Crippen LogP contribution in [0.4, 0.5) is 5.69 Å². The van der Waals surface area contributed by atoms with Crippen molar-refractivity contribution < 1.29 is 4.74 Å². The number of aromatic amines is 1. The topological polar surface area (TPSA) is 71.9 Å². The van der Waals surface area contributed by atoms with Gasteiger partial charge in [-0.25, -0.2) is 4.98 Å². The van der Waals surface area contributed by atoms with E-state index in [9.17, 15) is 4.79 Å². The third-order valence-corrected chi connectivity index (χ3v) is 5.51. The summed E-state index contributed by atoms with van der Waals surface area (Å²) in [4.78, 5) is 20.0. The number of H-pyrrole nitrogens is 1. The van der Waals surface area contributed by atoms with E-state index in [1.54, 1.807) is 6.33 Å². The van der Waals surface area contributed by atoms with Crippen molar-refractivity contribution in [1.29, 1.82) is 0 Å². The van der Waals surface area contributed by atoms with Gasteiger partial charge in [-0.1, -0.05) is 23.7 Å². The van der Waals surface area contributed by atoms with Crippen LogP contribution in [-0.4, -0.2) is 20.6 Å². The number of aryl methyl sites for hydroxylation is 1. The van der Waals surface area contributed by atoms with E-state index in [1.807, 2.05) is 75.0 Å². The molecule has 0 saturated carbocycles. The minimum atomic E-state index is -0.208. The van der Waals surface area contributed by atoms with Gasteiger partial charge < -0.3 is 19.6 Å². The van der Waals surface area contributed by atoms with Crippen molar-refractivity contribution >= 4 is 28.2 Å². The lowest BCUT2D eigenvalue weighted by molar-refractivity contribution is 0.243. The minimum Gasteiger partial charge on any atom is -0.489 e. The molecule has 0 unspecified atom stereocenters. The molecule has 2 heterocycles. The van der Waals surface area contributed by atoms with Gasteiger partial charge in [0.1, 0.15) is 10.8 Å². The van der Waals surface area contributed by atoms with E-state index >= 15 is 0 Å². The van der Waals surface area contributed by atoms with Crippen LogP contribution in [0, 0.1) is 0 Å². The average Bonchev–Trinajstić information content (AvgIpc) is 3.16. The maximum Gasteiger partial charge on any atom is 0.253 e. The molecule has 0 bridgehead atoms. The molecule has 0 spiro atoms. The van der Waals surface area contributed by atoms with E-state index < -0.39 is 0 Å². The van der Waals surface area contributed by atoms with Gasteiger partial charge >= 0.3 is 0 Å². The molecule has 0 saturated heterocycles. The van der Waals surface area contributed by atoms with Crippen molar-refractivity contribution in [3.63, 3.8) is 0 Å². The quantitative estimate of drug-likeness (QED) is 0.416. The first-order valence-electron chi connectivity index (χ1n) is 10.2. The van der Waals surface area contributed by atoms with E-state index in [0.717, 1.165) is 22.3 Å². The van der Waals surface area contributed by atoms with Crippen molar-refractivity contribution in [2.45, 2.75) is 32.9 Å². The maximum atomic E-state index is 12.8. The van der Waals surface area contributed by atoms with Crippen molar-refractivity contribution in [1.82, 2.24) is 14.5 Å². The number of pyridine rings is 1. The van der Waals surface area contributed by atoms with Crippen molar-refractivity contribution in [2.24, 2.45) is 7.05 Å². The number of anilines is 1. The number of rotatable bonds is 6. The van der Waals surface area contributed by atoms with Gasteiger partial charge in [-0.15, -0.1) is 0 Å². The molecule has 6 nitrogen and oxygen atoms in total. The van der Waals surface area contributed by atoms with Crippen LogP contribution in [0.1, 0.15) is 32.4 Å². The van der Waals surface area contributed by atoms with Gasteiger partial charge in [0.25, 0.3) is 5.56 Å². The molecule has 0 aliphatic carbocycles. The zero-order valence-electron chi connectivity index (χ0n) is 17.9. The lowest BCUT2D eigenvalue weighted by atomic mass is 10.1. The molecule has 31 heavy (non-hydrogen) atoms. The van der Waals surface area contributed by atoms with Crippen LogP contribution in [0.25, 0.3) is 22.2 Å². The van der Waals surface area contributed by atoms with Crippen molar-refractivity contribution in [2.75, 3.05) is 5.32 Å². The van der Waals surface area contributed by atoms with Crippen LogP contribution >= 0.6 is 11.6 Å². The second-order valence-corrected chi connectivity index (χ2v) is 8.28. The monoisotopic (exact) mass is 436 g/mol. The predicted octanol–water partition coefficient (Wildman–Crippen LogP) is 5.54. The molecular formula is C24H25ClN4O2. The highest BCUT2D eigenvalue weighted by Crippen LogP contribution is 2.33. The third-order valence-electron chi connectivity index (χ3n) is 5.14. The molecule has 2 aromatic heterocycles. The number of aromatic nitrogens is 3. The highest BCUT2D eigenvalue weighted by molar-refractivity contribution is 6.36. The number of nitrogens with zero attached hydrogens (tertiary/aromatic N) is 2. The first-order chi connectivity index (χ1) is 14.8. The number of ether oxygens (including phenoxy) is 1. The number of benzene rings is 2. The van der Waals surface area contributed by atoms with Gasteiger partial charge in [-0.3, -0.25) is 4.79 Å². The SMILES string of the molecule is CC(C)Oc1ccc2cc([C@H](C)Nc3cccc(-c4cncn4C)c3)c(=O)[nH]c2c1Cl. The standard InChI is InChI=1S/C24H25ClN4O2/c1-14(2)31-21-9-8-17-11-19(24(30)28-23(17)22(21)25)15(3)27-18-7-5-6-16(10-18)20-12-26-13-29(20)4/h5-15,27H,1-4H3,(H,28,30)/t15-/m0/s1. The maximum absolute atomic E-state index is 12.8. The largest absolute Gasteiger partial charge is 0.489 e. The number of halogens is 1. The summed E-state index contributed by atoms with van der Waals surface area (Å²) in [7, 11) is 1.96. The first-order valence-corrected chi connectivity index (χ1v) is 10.6. The van der Waals surface area contributed by atoms with E-state index in [2.05, 4.69) is 21.4 Å². The number of hydrogen-bond acceptors (Lipinski definition) is 4. The smallest absolute Gasteiger partial charge is 0.253 e. The average molecular weight is 437 g/mol. The Hall–Kier alpha value is -3.25. The second-order valence-electron chi connectivity index (χ2n) is 7.90. The lowest BCUT2D eigenvalue weighted by Gasteiger charge is -2.17. The molecule has 1 atom stereocenters. The Kier molecular flexibility index (Phi) is 5.74. The summed E-state index contributed by atoms with van der Waals surface area (Å²) < 4.78 is 7.70. The summed E-state index contributed by atoms with van der Waals surface area (Å²) >= 11 is 6.48. The van der Waals surface area contributed by atoms with Crippen LogP contribution < -0.4 is 15.6 Å². The minimum absolute atomic E-state index is 0.00715. The molecule has 0 amide bonds. The van der Waals surface area contributed by atoms with Gasteiger partial charge in [-0.2, -0.15) is 0 Å². The van der Waals surface area contributed by atoms with E-state index in [1.165, 1.54) is 0 Å². The van der Waals surface area contributed by atoms with Gasteiger partial charge in [0.15, 0.2) is 0 Å². The molecule has 0 aliphatic heterocycles. The Morgan fingerprint density at radius 3 is 2.68 bits per heavy atom. The number of imidazole rings is 1. The normalized spacial score (nSPS) is 12.3. The van der Waals surface area contributed by atoms with Crippen LogP contribution in [0.5, 0.6) is 5.75 Å². The number of nitrogens with one attached hydrogen (secondary N) is 2. The molecule has 2 aromatic carbocycles. The van der Waals surface area contributed by atoms with Crippen LogP contribution in [0.15, 0.2) is 59.8 Å². The summed E-state index contributed by atoms with van der Waals surface area (Å²) in [5.41, 5.74) is 4.03. The predicted molar refractivity (Wildman–Crippen MR) is 126 cm³/mol. The van der Waals surface area contributed by atoms with Crippen LogP contribution in [0.3, 0.4) is 0 Å². The van der Waals surface area contributed by atoms with Gasteiger partial charge in [0, 0.05) is 29.2 Å². The summed E-state index contributed by atoms with van der Waals surface area (Å²) in [5.74, 6) is 0.561. The zero-order valence-corrected chi connectivity index (χ0v) is 18.7. The van der Waals surface area contributed by atoms with E-state index in [4.69, 9.17) is 16.3 Å². The van der Waals surface area contributed by atoms with E-state index in [0.29, 0.717) is 21.9 Å². The van der Waals surface area contributed by atoms with Gasteiger partial charge in [0.2, 0.25) is 0 Å². The molecule has 160 valence electrons. The fourth-order valence-corrected chi connectivity index (χ4v) is 3.90. The van der Waals surface area contributed by atoms with Crippen LogP contribution in [0.2, 0.25) is 5.02 Å². The summed E-state index contributed by atoms with van der Waals surface area (Å²) in [6, 6.07) is 13.5. The summed E-state index contributed by atoms with van der Waals surface area (Å²) in [6.45, 7) is 5.83. The molecule has 4 rings (SSSR count). The molecule has 0 aliphatic rings. The molecule has 7 heteroatoms. The first kappa shape index (κ1) is 21.0. The Bertz CT molecular complexity index is 1290. The fourth-order valence-electron chi connectivity index (χ4n) is 3.64. The van der Waals surface area contributed by atoms with Gasteiger partial charge in [-0.05, 0) is 51.1 Å². The van der Waals surface area contributed by atoms with Gasteiger partial charge in [0.05, 0.1) is 35.9 Å². The Balaban J connectivity index is 1.64. The number of hydrogen-bond donors (Lipinski definition) is 2. The van der Waals surface area contributed by atoms with Crippen molar-refractivity contribution in [3.8, 4) is 17.0 Å². The van der Waals surface area contributed by atoms with Crippen molar-refractivity contribution in [3.05, 3.63) is 75.9 Å². The third kappa shape index (κ3) is 4.30. The molecule has 4 aromatic rings. The lowest BCUT2D eigenvalue weighted by Crippen LogP contribution is -2.19.